The predicted molar refractivity (Wildman–Crippen MR) is 79.6 cm³/mol. The van der Waals surface area contributed by atoms with Gasteiger partial charge in [-0.3, -0.25) is 4.79 Å². The Morgan fingerprint density at radius 3 is 2.48 bits per heavy atom. The quantitative estimate of drug-likeness (QED) is 0.707. The van der Waals surface area contributed by atoms with Crippen molar-refractivity contribution in [3.05, 3.63) is 23.8 Å². The van der Waals surface area contributed by atoms with Gasteiger partial charge in [0.2, 0.25) is 0 Å². The molecule has 2 atom stereocenters. The van der Waals surface area contributed by atoms with E-state index in [2.05, 4.69) is 5.32 Å². The highest BCUT2D eigenvalue weighted by Crippen LogP contribution is 2.40. The molecule has 6 nitrogen and oxygen atoms in total. The maximum Gasteiger partial charge on any atom is 0.251 e. The first-order valence-corrected chi connectivity index (χ1v) is 8.50. The van der Waals surface area contributed by atoms with Gasteiger partial charge in [-0.2, -0.15) is 0 Å². The standard InChI is InChI=1S/C14H20N2O4S/c1-14(2)11(7-12(14)17)16-13(18)8-4-9(15)6-10(5-8)21(3,19)20/h4-6,11-12,17H,7,15H2,1-3H3,(H,16,18). The SMILES string of the molecule is CC1(C)C(O)CC1NC(=O)c1cc(N)cc(S(C)(=O)=O)c1. The molecule has 1 aromatic rings. The van der Waals surface area contributed by atoms with Crippen LogP contribution >= 0.6 is 0 Å². The van der Waals surface area contributed by atoms with Gasteiger partial charge in [-0.15, -0.1) is 0 Å². The average molecular weight is 312 g/mol. The number of carbonyl (C=O) groups excluding carboxylic acids is 1. The molecule has 0 aromatic heterocycles. The number of hydrogen-bond acceptors (Lipinski definition) is 5. The fourth-order valence-corrected chi connectivity index (χ4v) is 3.05. The summed E-state index contributed by atoms with van der Waals surface area (Å²) in [7, 11) is -3.43. The molecule has 0 heterocycles. The normalized spacial score (nSPS) is 24.2. The third-order valence-corrected chi connectivity index (χ3v) is 5.23. The van der Waals surface area contributed by atoms with Crippen molar-refractivity contribution in [1.82, 2.24) is 5.32 Å². The van der Waals surface area contributed by atoms with Crippen LogP contribution in [0.3, 0.4) is 0 Å². The summed E-state index contributed by atoms with van der Waals surface area (Å²) in [6.07, 6.45) is 1.10. The zero-order valence-corrected chi connectivity index (χ0v) is 13.1. The van der Waals surface area contributed by atoms with E-state index < -0.39 is 27.3 Å². The van der Waals surface area contributed by atoms with Crippen LogP contribution in [0, 0.1) is 5.41 Å². The second kappa shape index (κ2) is 4.99. The number of nitrogens with two attached hydrogens (primary N) is 1. The molecule has 21 heavy (non-hydrogen) atoms. The summed E-state index contributed by atoms with van der Waals surface area (Å²) in [4.78, 5) is 12.2. The Hall–Kier alpha value is -1.60. The maximum absolute atomic E-state index is 12.2. The Bertz CT molecular complexity index is 682. The molecule has 1 aliphatic carbocycles. The summed E-state index contributed by atoms with van der Waals surface area (Å²) in [6.45, 7) is 3.74. The van der Waals surface area contributed by atoms with Gasteiger partial charge < -0.3 is 16.2 Å². The molecule has 116 valence electrons. The summed E-state index contributed by atoms with van der Waals surface area (Å²) in [6, 6.07) is 3.92. The van der Waals surface area contributed by atoms with E-state index in [1.807, 2.05) is 13.8 Å². The van der Waals surface area contributed by atoms with Gasteiger partial charge in [0.05, 0.1) is 11.0 Å². The van der Waals surface area contributed by atoms with Crippen LogP contribution in [-0.4, -0.2) is 37.8 Å². The number of carbonyl (C=O) groups is 1. The van der Waals surface area contributed by atoms with Gasteiger partial charge in [0, 0.05) is 29.0 Å². The first kappa shape index (κ1) is 15.8. The van der Waals surface area contributed by atoms with E-state index in [-0.39, 0.29) is 22.2 Å². The van der Waals surface area contributed by atoms with Gasteiger partial charge in [0.15, 0.2) is 9.84 Å². The van der Waals surface area contributed by atoms with Gasteiger partial charge in [0.1, 0.15) is 0 Å². The molecule has 0 spiro atoms. The summed E-state index contributed by atoms with van der Waals surface area (Å²) in [5.41, 5.74) is 5.69. The van der Waals surface area contributed by atoms with Crippen LogP contribution in [0.4, 0.5) is 5.69 Å². The Kier molecular flexibility index (Phi) is 3.75. The van der Waals surface area contributed by atoms with E-state index in [0.717, 1.165) is 6.26 Å². The summed E-state index contributed by atoms with van der Waals surface area (Å²) < 4.78 is 23.2. The number of hydrogen-bond donors (Lipinski definition) is 3. The number of aliphatic hydroxyl groups is 1. The highest BCUT2D eigenvalue weighted by molar-refractivity contribution is 7.90. The smallest absolute Gasteiger partial charge is 0.251 e. The van der Waals surface area contributed by atoms with E-state index >= 15 is 0 Å². The monoisotopic (exact) mass is 312 g/mol. The Morgan fingerprint density at radius 1 is 1.38 bits per heavy atom. The number of rotatable bonds is 3. The molecule has 1 amide bonds. The number of nitrogen functional groups attached to an aromatic ring is 1. The van der Waals surface area contributed by atoms with Crippen molar-refractivity contribution < 1.29 is 18.3 Å². The summed E-state index contributed by atoms with van der Waals surface area (Å²) in [5, 5.41) is 12.5. The van der Waals surface area contributed by atoms with Gasteiger partial charge in [-0.1, -0.05) is 13.8 Å². The number of sulfone groups is 1. The third kappa shape index (κ3) is 3.03. The van der Waals surface area contributed by atoms with Crippen LogP contribution < -0.4 is 11.1 Å². The van der Waals surface area contributed by atoms with Gasteiger partial charge in [0.25, 0.3) is 5.91 Å². The van der Waals surface area contributed by atoms with Crippen molar-refractivity contribution in [3.8, 4) is 0 Å². The highest BCUT2D eigenvalue weighted by Gasteiger charge is 2.48. The number of amides is 1. The second-order valence-electron chi connectivity index (χ2n) is 6.16. The molecular formula is C14H20N2O4S. The molecule has 0 radical (unpaired) electrons. The van der Waals surface area contributed by atoms with E-state index in [4.69, 9.17) is 5.73 Å². The van der Waals surface area contributed by atoms with E-state index in [1.165, 1.54) is 18.2 Å². The molecule has 1 fully saturated rings. The van der Waals surface area contributed by atoms with Crippen molar-refractivity contribution in [3.63, 3.8) is 0 Å². The predicted octanol–water partition coefficient (Wildman–Crippen LogP) is 0.561. The van der Waals surface area contributed by atoms with Crippen molar-refractivity contribution in [2.75, 3.05) is 12.0 Å². The molecule has 1 aromatic carbocycles. The number of nitrogens with one attached hydrogen (secondary N) is 1. The average Bonchev–Trinajstić information content (AvgIpc) is 2.36. The van der Waals surface area contributed by atoms with Crippen LogP contribution in [0.15, 0.2) is 23.1 Å². The van der Waals surface area contributed by atoms with Crippen LogP contribution in [0.1, 0.15) is 30.6 Å². The second-order valence-corrected chi connectivity index (χ2v) is 8.18. The summed E-state index contributed by atoms with van der Waals surface area (Å²) in [5.74, 6) is -0.392. The molecular weight excluding hydrogens is 292 g/mol. The van der Waals surface area contributed by atoms with Crippen molar-refractivity contribution in [1.29, 1.82) is 0 Å². The lowest BCUT2D eigenvalue weighted by molar-refractivity contribution is -0.0689. The zero-order valence-electron chi connectivity index (χ0n) is 12.3. The minimum Gasteiger partial charge on any atom is -0.399 e. The Balaban J connectivity index is 2.23. The molecule has 1 saturated carbocycles. The summed E-state index contributed by atoms with van der Waals surface area (Å²) >= 11 is 0. The molecule has 2 unspecified atom stereocenters. The van der Waals surface area contributed by atoms with Crippen LogP contribution in [-0.2, 0) is 9.84 Å². The fourth-order valence-electron chi connectivity index (χ4n) is 2.36. The Morgan fingerprint density at radius 2 is 2.00 bits per heavy atom. The molecule has 0 saturated heterocycles. The van der Waals surface area contributed by atoms with Crippen LogP contribution in [0.5, 0.6) is 0 Å². The fraction of sp³-hybridized carbons (Fsp3) is 0.500. The lowest BCUT2D eigenvalue weighted by atomic mass is 9.64. The highest BCUT2D eigenvalue weighted by atomic mass is 32.2. The van der Waals surface area contributed by atoms with E-state index in [0.29, 0.717) is 6.42 Å². The number of benzene rings is 1. The Labute approximate surface area is 124 Å². The van der Waals surface area contributed by atoms with Gasteiger partial charge >= 0.3 is 0 Å². The van der Waals surface area contributed by atoms with Gasteiger partial charge in [-0.05, 0) is 24.6 Å². The lowest BCUT2D eigenvalue weighted by Gasteiger charge is -2.49. The van der Waals surface area contributed by atoms with E-state index in [9.17, 15) is 18.3 Å². The van der Waals surface area contributed by atoms with Crippen LogP contribution in [0.2, 0.25) is 0 Å². The minimum atomic E-state index is -3.43. The zero-order chi connectivity index (χ0) is 16.0. The lowest BCUT2D eigenvalue weighted by Crippen LogP contribution is -2.61. The molecule has 4 N–H and O–H groups in total. The number of aliphatic hydroxyl groups excluding tert-OH is 1. The van der Waals surface area contributed by atoms with Crippen molar-refractivity contribution >= 4 is 21.4 Å². The third-order valence-electron chi connectivity index (χ3n) is 4.14. The van der Waals surface area contributed by atoms with E-state index in [1.54, 1.807) is 0 Å². The largest absolute Gasteiger partial charge is 0.399 e. The first-order chi connectivity index (χ1) is 9.51. The first-order valence-electron chi connectivity index (χ1n) is 6.61. The van der Waals surface area contributed by atoms with Crippen LogP contribution in [0.25, 0.3) is 0 Å². The molecule has 0 aliphatic heterocycles. The molecule has 1 aliphatic rings. The molecule has 7 heteroatoms. The van der Waals surface area contributed by atoms with Gasteiger partial charge in [-0.25, -0.2) is 8.42 Å². The van der Waals surface area contributed by atoms with Crippen molar-refractivity contribution in [2.45, 2.75) is 37.3 Å². The molecule has 0 bridgehead atoms. The topological polar surface area (TPSA) is 109 Å². The number of anilines is 1. The van der Waals surface area contributed by atoms with Crippen molar-refractivity contribution in [2.24, 2.45) is 5.41 Å². The molecule has 2 rings (SSSR count). The minimum absolute atomic E-state index is 0.0144. The maximum atomic E-state index is 12.2.